The van der Waals surface area contributed by atoms with Gasteiger partial charge in [0, 0.05) is 17.1 Å². The Kier molecular flexibility index (Phi) is 3.15. The maximum atomic E-state index is 13.1. The number of aryl methyl sites for hydroxylation is 1. The Morgan fingerprint density at radius 1 is 1.14 bits per heavy atom. The van der Waals surface area contributed by atoms with Gasteiger partial charge in [-0.15, -0.1) is 0 Å². The summed E-state index contributed by atoms with van der Waals surface area (Å²) in [5, 5.41) is 3.65. The molecular formula is C18H18N2OS. The Balaban J connectivity index is 1.86. The van der Waals surface area contributed by atoms with Crippen molar-refractivity contribution in [3.63, 3.8) is 0 Å². The van der Waals surface area contributed by atoms with E-state index < -0.39 is 0 Å². The van der Waals surface area contributed by atoms with Crippen molar-refractivity contribution in [1.82, 2.24) is 0 Å². The minimum Gasteiger partial charge on any atom is -0.361 e. The van der Waals surface area contributed by atoms with Crippen molar-refractivity contribution in [2.24, 2.45) is 0 Å². The van der Waals surface area contributed by atoms with Gasteiger partial charge in [-0.1, -0.05) is 29.8 Å². The molecule has 2 aromatic rings. The van der Waals surface area contributed by atoms with Crippen LogP contribution in [0.3, 0.4) is 0 Å². The van der Waals surface area contributed by atoms with Gasteiger partial charge in [0.1, 0.15) is 5.66 Å². The summed E-state index contributed by atoms with van der Waals surface area (Å²) in [5.74, 6) is 2.09. The first kappa shape index (κ1) is 13.7. The SMILES string of the molecule is Cc1ccc(N2C(=O)c3ccccc3NC23CCSC3)cc1. The zero-order valence-corrected chi connectivity index (χ0v) is 13.3. The highest BCUT2D eigenvalue weighted by atomic mass is 32.2. The lowest BCUT2D eigenvalue weighted by Crippen LogP contribution is -2.60. The molecule has 2 heterocycles. The van der Waals surface area contributed by atoms with Gasteiger partial charge in [-0.3, -0.25) is 9.69 Å². The zero-order valence-electron chi connectivity index (χ0n) is 12.5. The summed E-state index contributed by atoms with van der Waals surface area (Å²) in [4.78, 5) is 15.1. The predicted octanol–water partition coefficient (Wildman–Crippen LogP) is 3.90. The van der Waals surface area contributed by atoms with Crippen LogP contribution in [0.5, 0.6) is 0 Å². The van der Waals surface area contributed by atoms with Crippen LogP contribution in [0.4, 0.5) is 11.4 Å². The smallest absolute Gasteiger partial charge is 0.262 e. The van der Waals surface area contributed by atoms with Gasteiger partial charge in [-0.25, -0.2) is 0 Å². The van der Waals surface area contributed by atoms with Crippen molar-refractivity contribution < 1.29 is 4.79 Å². The number of nitrogens with zero attached hydrogens (tertiary/aromatic N) is 1. The van der Waals surface area contributed by atoms with E-state index in [9.17, 15) is 4.79 Å². The van der Waals surface area contributed by atoms with E-state index >= 15 is 0 Å². The van der Waals surface area contributed by atoms with Gasteiger partial charge in [0.2, 0.25) is 0 Å². The first-order valence-corrected chi connectivity index (χ1v) is 8.71. The molecule has 1 amide bonds. The zero-order chi connectivity index (χ0) is 15.2. The van der Waals surface area contributed by atoms with Crippen LogP contribution >= 0.6 is 11.8 Å². The second-order valence-electron chi connectivity index (χ2n) is 5.98. The van der Waals surface area contributed by atoms with E-state index in [1.54, 1.807) is 0 Å². The van der Waals surface area contributed by atoms with E-state index in [0.29, 0.717) is 0 Å². The van der Waals surface area contributed by atoms with E-state index in [1.807, 2.05) is 53.1 Å². The number of carbonyl (C=O) groups is 1. The molecule has 2 aliphatic rings. The maximum Gasteiger partial charge on any atom is 0.262 e. The molecule has 2 aliphatic heterocycles. The molecule has 112 valence electrons. The van der Waals surface area contributed by atoms with Gasteiger partial charge in [0.25, 0.3) is 5.91 Å². The molecule has 1 atom stereocenters. The van der Waals surface area contributed by atoms with Crippen molar-refractivity contribution in [3.8, 4) is 0 Å². The molecule has 2 aromatic carbocycles. The Labute approximate surface area is 134 Å². The number of hydrogen-bond acceptors (Lipinski definition) is 3. The van der Waals surface area contributed by atoms with Crippen molar-refractivity contribution in [2.45, 2.75) is 19.0 Å². The number of fused-ring (bicyclic) bond motifs is 1. The minimum absolute atomic E-state index is 0.0979. The second kappa shape index (κ2) is 5.06. The molecule has 0 aromatic heterocycles. The Bertz CT molecular complexity index is 720. The molecule has 1 N–H and O–H groups in total. The standard InChI is InChI=1S/C18H18N2OS/c1-13-6-8-14(9-7-13)20-17(21)15-4-2-3-5-16(15)19-18(20)10-11-22-12-18/h2-9,19H,10-12H2,1H3. The second-order valence-corrected chi connectivity index (χ2v) is 7.09. The van der Waals surface area contributed by atoms with Crippen LogP contribution in [-0.4, -0.2) is 23.1 Å². The van der Waals surface area contributed by atoms with Gasteiger partial charge in [-0.05, 0) is 43.4 Å². The number of rotatable bonds is 1. The molecule has 3 nitrogen and oxygen atoms in total. The molecule has 0 aliphatic carbocycles. The number of thioether (sulfide) groups is 1. The molecule has 4 rings (SSSR count). The summed E-state index contributed by atoms with van der Waals surface area (Å²) in [5.41, 5.74) is 3.59. The largest absolute Gasteiger partial charge is 0.361 e. The number of carbonyl (C=O) groups excluding carboxylic acids is 1. The van der Waals surface area contributed by atoms with Crippen molar-refractivity contribution in [1.29, 1.82) is 0 Å². The lowest BCUT2D eigenvalue weighted by atomic mass is 9.97. The van der Waals surface area contributed by atoms with Crippen molar-refractivity contribution in [2.75, 3.05) is 21.7 Å². The number of benzene rings is 2. The number of hydrogen-bond donors (Lipinski definition) is 1. The molecule has 4 heteroatoms. The van der Waals surface area contributed by atoms with Gasteiger partial charge in [-0.2, -0.15) is 11.8 Å². The first-order valence-electron chi connectivity index (χ1n) is 7.56. The van der Waals surface area contributed by atoms with Crippen LogP contribution < -0.4 is 10.2 Å². The number of amides is 1. The predicted molar refractivity (Wildman–Crippen MR) is 92.7 cm³/mol. The Morgan fingerprint density at radius 3 is 2.64 bits per heavy atom. The Morgan fingerprint density at radius 2 is 1.91 bits per heavy atom. The van der Waals surface area contributed by atoms with E-state index in [1.165, 1.54) is 5.56 Å². The molecule has 1 fully saturated rings. The summed E-state index contributed by atoms with van der Waals surface area (Å²) in [6.45, 7) is 2.07. The third kappa shape index (κ3) is 2.02. The highest BCUT2D eigenvalue weighted by Crippen LogP contribution is 2.42. The van der Waals surface area contributed by atoms with Crippen LogP contribution in [0.2, 0.25) is 0 Å². The molecule has 0 saturated carbocycles. The maximum absolute atomic E-state index is 13.1. The van der Waals surface area contributed by atoms with Gasteiger partial charge in [0.15, 0.2) is 0 Å². The number of para-hydroxylation sites is 1. The monoisotopic (exact) mass is 310 g/mol. The van der Waals surface area contributed by atoms with Gasteiger partial charge in [0.05, 0.1) is 5.56 Å². The van der Waals surface area contributed by atoms with E-state index in [-0.39, 0.29) is 11.6 Å². The fourth-order valence-electron chi connectivity index (χ4n) is 3.29. The number of nitrogens with one attached hydrogen (secondary N) is 1. The van der Waals surface area contributed by atoms with Gasteiger partial charge < -0.3 is 5.32 Å². The molecule has 0 radical (unpaired) electrons. The van der Waals surface area contributed by atoms with Crippen molar-refractivity contribution in [3.05, 3.63) is 59.7 Å². The van der Waals surface area contributed by atoms with Gasteiger partial charge >= 0.3 is 0 Å². The molecule has 1 unspecified atom stereocenters. The van der Waals surface area contributed by atoms with E-state index in [0.717, 1.165) is 34.9 Å². The quantitative estimate of drug-likeness (QED) is 0.867. The molecule has 0 bridgehead atoms. The normalized spacial score (nSPS) is 23.5. The van der Waals surface area contributed by atoms with Crippen LogP contribution in [0.15, 0.2) is 48.5 Å². The lowest BCUT2D eigenvalue weighted by molar-refractivity contribution is 0.0959. The summed E-state index contributed by atoms with van der Waals surface area (Å²) in [6, 6.07) is 16.0. The fourth-order valence-corrected chi connectivity index (χ4v) is 4.60. The average Bonchev–Trinajstić information content (AvgIpc) is 2.98. The Hall–Kier alpha value is -1.94. The topological polar surface area (TPSA) is 32.3 Å². The summed E-state index contributed by atoms with van der Waals surface area (Å²) in [6.07, 6.45) is 0.964. The summed E-state index contributed by atoms with van der Waals surface area (Å²) >= 11 is 1.90. The molecule has 22 heavy (non-hydrogen) atoms. The summed E-state index contributed by atoms with van der Waals surface area (Å²) in [7, 11) is 0. The first-order chi connectivity index (χ1) is 10.7. The fraction of sp³-hybridized carbons (Fsp3) is 0.278. The minimum atomic E-state index is -0.300. The molecular weight excluding hydrogens is 292 g/mol. The third-order valence-electron chi connectivity index (χ3n) is 4.45. The number of anilines is 2. The summed E-state index contributed by atoms with van der Waals surface area (Å²) < 4.78 is 0. The van der Waals surface area contributed by atoms with Crippen LogP contribution in [0, 0.1) is 6.92 Å². The lowest BCUT2D eigenvalue weighted by Gasteiger charge is -2.46. The highest BCUT2D eigenvalue weighted by Gasteiger charge is 2.47. The van der Waals surface area contributed by atoms with E-state index in [2.05, 4.69) is 24.4 Å². The van der Waals surface area contributed by atoms with Crippen LogP contribution in [-0.2, 0) is 0 Å². The van der Waals surface area contributed by atoms with Crippen LogP contribution in [0.1, 0.15) is 22.3 Å². The van der Waals surface area contributed by atoms with Crippen LogP contribution in [0.25, 0.3) is 0 Å². The van der Waals surface area contributed by atoms with E-state index in [4.69, 9.17) is 0 Å². The highest BCUT2D eigenvalue weighted by molar-refractivity contribution is 7.99. The average molecular weight is 310 g/mol. The molecule has 1 spiro atoms. The molecule has 1 saturated heterocycles. The third-order valence-corrected chi connectivity index (χ3v) is 5.62. The van der Waals surface area contributed by atoms with Crippen molar-refractivity contribution >= 4 is 29.0 Å².